The van der Waals surface area contributed by atoms with Crippen LogP contribution < -0.4 is 5.32 Å². The van der Waals surface area contributed by atoms with Gasteiger partial charge >= 0.3 is 0 Å². The Kier molecular flexibility index (Phi) is 5.54. The van der Waals surface area contributed by atoms with Crippen molar-refractivity contribution in [2.75, 3.05) is 6.61 Å². The third-order valence-corrected chi connectivity index (χ3v) is 4.80. The maximum atomic E-state index is 13.6. The lowest BCUT2D eigenvalue weighted by Gasteiger charge is -2.13. The molecule has 2 aromatic heterocycles. The SMILES string of the molecule is CC(CO)NC(=O)c1cc(-c2ccccc2)nc2c1cnn2Cc1cccc(F)c1. The number of benzene rings is 2. The van der Waals surface area contributed by atoms with E-state index in [0.29, 0.717) is 28.8 Å². The van der Waals surface area contributed by atoms with E-state index in [0.717, 1.165) is 11.1 Å². The Labute approximate surface area is 173 Å². The summed E-state index contributed by atoms with van der Waals surface area (Å²) in [5.74, 6) is -0.633. The molecule has 4 rings (SSSR count). The standard InChI is InChI=1S/C23H21FN4O2/c1-15(14-29)26-23(30)19-11-21(17-7-3-2-4-8-17)27-22-20(19)12-25-28(22)13-16-6-5-9-18(24)10-16/h2-12,15,29H,13-14H2,1H3,(H,26,30). The van der Waals surface area contributed by atoms with E-state index in [1.165, 1.54) is 12.1 Å². The van der Waals surface area contributed by atoms with Crippen molar-refractivity contribution in [3.8, 4) is 11.3 Å². The van der Waals surface area contributed by atoms with Crippen LogP contribution in [-0.4, -0.2) is 38.4 Å². The Hall–Kier alpha value is -3.58. The van der Waals surface area contributed by atoms with Crippen LogP contribution in [0, 0.1) is 5.82 Å². The highest BCUT2D eigenvalue weighted by atomic mass is 19.1. The average molecular weight is 404 g/mol. The van der Waals surface area contributed by atoms with Crippen LogP contribution in [0.15, 0.2) is 66.9 Å². The van der Waals surface area contributed by atoms with Crippen LogP contribution in [-0.2, 0) is 6.54 Å². The zero-order chi connectivity index (χ0) is 21.1. The molecular weight excluding hydrogens is 383 g/mol. The number of aromatic nitrogens is 3. The van der Waals surface area contributed by atoms with E-state index in [1.54, 1.807) is 29.9 Å². The van der Waals surface area contributed by atoms with Crippen LogP contribution >= 0.6 is 0 Å². The number of nitrogens with one attached hydrogen (secondary N) is 1. The van der Waals surface area contributed by atoms with E-state index in [9.17, 15) is 14.3 Å². The van der Waals surface area contributed by atoms with Crippen LogP contribution in [0.2, 0.25) is 0 Å². The van der Waals surface area contributed by atoms with Gasteiger partial charge in [-0.15, -0.1) is 0 Å². The minimum absolute atomic E-state index is 0.162. The number of rotatable bonds is 6. The molecule has 2 N–H and O–H groups in total. The third kappa shape index (κ3) is 4.06. The predicted molar refractivity (Wildman–Crippen MR) is 112 cm³/mol. The summed E-state index contributed by atoms with van der Waals surface area (Å²) in [6.07, 6.45) is 1.59. The molecule has 6 nitrogen and oxygen atoms in total. The number of pyridine rings is 1. The zero-order valence-electron chi connectivity index (χ0n) is 16.4. The monoisotopic (exact) mass is 404 g/mol. The molecule has 0 aliphatic carbocycles. The Morgan fingerprint density at radius 2 is 1.97 bits per heavy atom. The minimum atomic E-state index is -0.386. The minimum Gasteiger partial charge on any atom is -0.394 e. The summed E-state index contributed by atoms with van der Waals surface area (Å²) >= 11 is 0. The molecule has 0 saturated heterocycles. The van der Waals surface area contributed by atoms with Gasteiger partial charge in [-0.05, 0) is 30.7 Å². The third-order valence-electron chi connectivity index (χ3n) is 4.80. The number of halogens is 1. The highest BCUT2D eigenvalue weighted by molar-refractivity contribution is 6.06. The summed E-state index contributed by atoms with van der Waals surface area (Å²) in [7, 11) is 0. The summed E-state index contributed by atoms with van der Waals surface area (Å²) in [6, 6.07) is 17.2. The molecule has 0 radical (unpaired) electrons. The molecule has 0 fully saturated rings. The van der Waals surface area contributed by atoms with Crippen LogP contribution in [0.5, 0.6) is 0 Å². The smallest absolute Gasteiger partial charge is 0.252 e. The van der Waals surface area contributed by atoms with Crippen LogP contribution in [0.3, 0.4) is 0 Å². The highest BCUT2D eigenvalue weighted by Crippen LogP contribution is 2.25. The van der Waals surface area contributed by atoms with E-state index in [2.05, 4.69) is 10.4 Å². The fourth-order valence-electron chi connectivity index (χ4n) is 3.26. The van der Waals surface area contributed by atoms with E-state index in [4.69, 9.17) is 4.98 Å². The van der Waals surface area contributed by atoms with Gasteiger partial charge in [-0.3, -0.25) is 4.79 Å². The number of hydrogen-bond donors (Lipinski definition) is 2. The second-order valence-electron chi connectivity index (χ2n) is 7.15. The number of nitrogens with zero attached hydrogens (tertiary/aromatic N) is 3. The number of hydrogen-bond acceptors (Lipinski definition) is 4. The number of amides is 1. The number of aliphatic hydroxyl groups is 1. The molecule has 0 spiro atoms. The lowest BCUT2D eigenvalue weighted by atomic mass is 10.1. The van der Waals surface area contributed by atoms with Crippen molar-refractivity contribution in [2.45, 2.75) is 19.5 Å². The number of aliphatic hydroxyl groups excluding tert-OH is 1. The molecule has 1 atom stereocenters. The first-order valence-corrected chi connectivity index (χ1v) is 9.63. The molecule has 0 aliphatic heterocycles. The zero-order valence-corrected chi connectivity index (χ0v) is 16.4. The van der Waals surface area contributed by atoms with Gasteiger partial charge in [0.15, 0.2) is 5.65 Å². The Bertz CT molecular complexity index is 1190. The van der Waals surface area contributed by atoms with Gasteiger partial charge < -0.3 is 10.4 Å². The van der Waals surface area contributed by atoms with Crippen molar-refractivity contribution in [1.29, 1.82) is 0 Å². The van der Waals surface area contributed by atoms with Gasteiger partial charge in [0.05, 0.1) is 36.0 Å². The van der Waals surface area contributed by atoms with Gasteiger partial charge in [0.25, 0.3) is 5.91 Å². The molecule has 2 heterocycles. The summed E-state index contributed by atoms with van der Waals surface area (Å²) in [5, 5.41) is 17.1. The van der Waals surface area contributed by atoms with Crippen molar-refractivity contribution in [2.24, 2.45) is 0 Å². The average Bonchev–Trinajstić information content (AvgIpc) is 3.16. The molecule has 2 aromatic carbocycles. The van der Waals surface area contributed by atoms with Crippen molar-refractivity contribution >= 4 is 16.9 Å². The fraction of sp³-hybridized carbons (Fsp3) is 0.174. The molecule has 4 aromatic rings. The van der Waals surface area contributed by atoms with Gasteiger partial charge in [-0.2, -0.15) is 5.10 Å². The highest BCUT2D eigenvalue weighted by Gasteiger charge is 2.19. The fourth-order valence-corrected chi connectivity index (χ4v) is 3.26. The van der Waals surface area contributed by atoms with Crippen molar-refractivity contribution in [1.82, 2.24) is 20.1 Å². The lowest BCUT2D eigenvalue weighted by Crippen LogP contribution is -2.35. The molecule has 7 heteroatoms. The quantitative estimate of drug-likeness (QED) is 0.516. The summed E-state index contributed by atoms with van der Waals surface area (Å²) < 4.78 is 15.3. The van der Waals surface area contributed by atoms with Gasteiger partial charge in [-0.1, -0.05) is 42.5 Å². The molecule has 1 unspecified atom stereocenters. The second kappa shape index (κ2) is 8.42. The van der Waals surface area contributed by atoms with Crippen molar-refractivity contribution in [3.63, 3.8) is 0 Å². The Balaban J connectivity index is 1.83. The van der Waals surface area contributed by atoms with Crippen molar-refractivity contribution < 1.29 is 14.3 Å². The second-order valence-corrected chi connectivity index (χ2v) is 7.15. The van der Waals surface area contributed by atoms with Gasteiger partial charge in [0.2, 0.25) is 0 Å². The number of fused-ring (bicyclic) bond motifs is 1. The first-order chi connectivity index (χ1) is 14.5. The topological polar surface area (TPSA) is 80.0 Å². The molecule has 30 heavy (non-hydrogen) atoms. The van der Waals surface area contributed by atoms with Crippen molar-refractivity contribution in [3.05, 3.63) is 83.8 Å². The lowest BCUT2D eigenvalue weighted by molar-refractivity contribution is 0.0924. The number of carbonyl (C=O) groups is 1. The van der Waals surface area contributed by atoms with Gasteiger partial charge in [-0.25, -0.2) is 14.1 Å². The summed E-state index contributed by atoms with van der Waals surface area (Å²) in [5.41, 5.74) is 3.19. The molecular formula is C23H21FN4O2. The van der Waals surface area contributed by atoms with Gasteiger partial charge in [0, 0.05) is 11.6 Å². The maximum Gasteiger partial charge on any atom is 0.252 e. The first-order valence-electron chi connectivity index (χ1n) is 9.63. The van der Waals surface area contributed by atoms with Gasteiger partial charge in [0.1, 0.15) is 5.82 Å². The molecule has 1 amide bonds. The van der Waals surface area contributed by atoms with E-state index >= 15 is 0 Å². The number of carbonyl (C=O) groups excluding carboxylic acids is 1. The van der Waals surface area contributed by atoms with E-state index in [1.807, 2.05) is 36.4 Å². The first kappa shape index (κ1) is 19.7. The molecule has 0 bridgehead atoms. The van der Waals surface area contributed by atoms with Crippen LogP contribution in [0.4, 0.5) is 4.39 Å². The predicted octanol–water partition coefficient (Wildman–Crippen LogP) is 3.40. The summed E-state index contributed by atoms with van der Waals surface area (Å²) in [4.78, 5) is 17.6. The molecule has 0 aliphatic rings. The Morgan fingerprint density at radius 1 is 1.17 bits per heavy atom. The maximum absolute atomic E-state index is 13.6. The van der Waals surface area contributed by atoms with E-state index < -0.39 is 0 Å². The summed E-state index contributed by atoms with van der Waals surface area (Å²) in [6.45, 7) is 1.88. The van der Waals surface area contributed by atoms with Crippen LogP contribution in [0.25, 0.3) is 22.3 Å². The van der Waals surface area contributed by atoms with E-state index in [-0.39, 0.29) is 24.4 Å². The Morgan fingerprint density at radius 3 is 2.70 bits per heavy atom. The molecule has 0 saturated carbocycles. The molecule has 152 valence electrons. The van der Waals surface area contributed by atoms with Crippen LogP contribution in [0.1, 0.15) is 22.8 Å². The largest absolute Gasteiger partial charge is 0.394 e. The normalized spacial score (nSPS) is 12.1.